The van der Waals surface area contributed by atoms with Crippen LogP contribution in [0.4, 0.5) is 5.69 Å². The second-order valence-corrected chi connectivity index (χ2v) is 9.89. The van der Waals surface area contributed by atoms with E-state index in [4.69, 9.17) is 4.42 Å². The molecule has 9 heteroatoms. The van der Waals surface area contributed by atoms with E-state index in [0.717, 1.165) is 10.7 Å². The lowest BCUT2D eigenvalue weighted by Crippen LogP contribution is -2.25. The van der Waals surface area contributed by atoms with Crippen molar-refractivity contribution in [3.05, 3.63) is 41.9 Å². The van der Waals surface area contributed by atoms with E-state index in [-0.39, 0.29) is 41.3 Å². The van der Waals surface area contributed by atoms with Crippen LogP contribution in [0.15, 0.2) is 44.5 Å². The SMILES string of the molecule is Cc1ccc(CNC(=O)CCS(=O)(=O)c2ccc3c(c2)NC(=O)[C@@H](C)CS3)o1. The molecule has 150 valence electrons. The molecule has 0 unspecified atom stereocenters. The van der Waals surface area contributed by atoms with Crippen LogP contribution in [-0.2, 0) is 26.0 Å². The third-order valence-electron chi connectivity index (χ3n) is 4.36. The fourth-order valence-corrected chi connectivity index (χ4v) is 4.94. The van der Waals surface area contributed by atoms with Gasteiger partial charge in [-0.25, -0.2) is 8.42 Å². The summed E-state index contributed by atoms with van der Waals surface area (Å²) in [6.07, 6.45) is -0.156. The number of furan rings is 1. The molecule has 0 saturated heterocycles. The van der Waals surface area contributed by atoms with Crippen molar-refractivity contribution in [2.24, 2.45) is 5.92 Å². The summed E-state index contributed by atoms with van der Waals surface area (Å²) < 4.78 is 30.6. The van der Waals surface area contributed by atoms with Crippen LogP contribution in [-0.4, -0.2) is 31.7 Å². The Kier molecular flexibility index (Phi) is 6.14. The molecule has 2 N–H and O–H groups in total. The first-order valence-corrected chi connectivity index (χ1v) is 11.5. The van der Waals surface area contributed by atoms with Gasteiger partial charge in [0, 0.05) is 23.0 Å². The number of benzene rings is 1. The molecule has 1 aliphatic rings. The minimum Gasteiger partial charge on any atom is -0.465 e. The number of thioether (sulfide) groups is 1. The summed E-state index contributed by atoms with van der Waals surface area (Å²) in [6, 6.07) is 8.24. The molecule has 0 radical (unpaired) electrons. The third-order valence-corrected chi connectivity index (χ3v) is 7.41. The molecule has 28 heavy (non-hydrogen) atoms. The second-order valence-electron chi connectivity index (χ2n) is 6.72. The van der Waals surface area contributed by atoms with Crippen LogP contribution in [0.3, 0.4) is 0 Å². The van der Waals surface area contributed by atoms with Gasteiger partial charge < -0.3 is 15.1 Å². The van der Waals surface area contributed by atoms with Gasteiger partial charge in [-0.05, 0) is 37.3 Å². The Morgan fingerprint density at radius 2 is 2.11 bits per heavy atom. The number of fused-ring (bicyclic) bond motifs is 1. The van der Waals surface area contributed by atoms with E-state index in [2.05, 4.69) is 10.6 Å². The quantitative estimate of drug-likeness (QED) is 0.742. The highest BCUT2D eigenvalue weighted by atomic mass is 32.2. The largest absolute Gasteiger partial charge is 0.465 e. The summed E-state index contributed by atoms with van der Waals surface area (Å²) in [5.74, 6) is 1.03. The summed E-state index contributed by atoms with van der Waals surface area (Å²) >= 11 is 1.51. The maximum absolute atomic E-state index is 12.6. The highest BCUT2D eigenvalue weighted by molar-refractivity contribution is 7.99. The molecular weight excluding hydrogens is 400 g/mol. The molecule has 2 amide bonds. The lowest BCUT2D eigenvalue weighted by atomic mass is 10.2. The van der Waals surface area contributed by atoms with Crippen molar-refractivity contribution in [3.63, 3.8) is 0 Å². The summed E-state index contributed by atoms with van der Waals surface area (Å²) in [5.41, 5.74) is 0.498. The van der Waals surface area contributed by atoms with Gasteiger partial charge >= 0.3 is 0 Å². The van der Waals surface area contributed by atoms with Gasteiger partial charge in [-0.3, -0.25) is 9.59 Å². The van der Waals surface area contributed by atoms with Crippen molar-refractivity contribution < 1.29 is 22.4 Å². The number of nitrogens with one attached hydrogen (secondary N) is 2. The van der Waals surface area contributed by atoms with Crippen LogP contribution in [0, 0.1) is 12.8 Å². The van der Waals surface area contributed by atoms with Crippen LogP contribution in [0.1, 0.15) is 24.9 Å². The maximum atomic E-state index is 12.6. The van der Waals surface area contributed by atoms with Crippen molar-refractivity contribution in [2.75, 3.05) is 16.8 Å². The first kappa shape index (κ1) is 20.5. The Bertz CT molecular complexity index is 998. The summed E-state index contributed by atoms with van der Waals surface area (Å²) in [7, 11) is -3.66. The lowest BCUT2D eigenvalue weighted by molar-refractivity contribution is -0.121. The average Bonchev–Trinajstić information content (AvgIpc) is 3.02. The Hall–Kier alpha value is -2.26. The summed E-state index contributed by atoms with van der Waals surface area (Å²) in [5, 5.41) is 5.42. The van der Waals surface area contributed by atoms with Crippen LogP contribution in [0.5, 0.6) is 0 Å². The number of hydrogen-bond acceptors (Lipinski definition) is 6. The van der Waals surface area contributed by atoms with Gasteiger partial charge in [0.2, 0.25) is 11.8 Å². The van der Waals surface area contributed by atoms with Gasteiger partial charge in [0.1, 0.15) is 11.5 Å². The fourth-order valence-electron chi connectivity index (χ4n) is 2.67. The van der Waals surface area contributed by atoms with Crippen LogP contribution >= 0.6 is 11.8 Å². The molecular formula is C19H22N2O5S2. The van der Waals surface area contributed by atoms with Gasteiger partial charge in [0.25, 0.3) is 0 Å². The van der Waals surface area contributed by atoms with Crippen molar-refractivity contribution in [3.8, 4) is 0 Å². The van der Waals surface area contributed by atoms with Crippen molar-refractivity contribution in [1.82, 2.24) is 5.32 Å². The van der Waals surface area contributed by atoms with E-state index in [1.54, 1.807) is 25.1 Å². The minimum absolute atomic E-state index is 0.0937. The molecule has 7 nitrogen and oxygen atoms in total. The average molecular weight is 423 g/mol. The molecule has 2 aromatic rings. The predicted octanol–water partition coefficient (Wildman–Crippen LogP) is 2.75. The number of hydrogen-bond donors (Lipinski definition) is 2. The van der Waals surface area contributed by atoms with Crippen molar-refractivity contribution in [1.29, 1.82) is 0 Å². The highest BCUT2D eigenvalue weighted by Gasteiger charge is 2.23. The number of anilines is 1. The smallest absolute Gasteiger partial charge is 0.228 e. The number of amides is 2. The molecule has 1 aliphatic heterocycles. The van der Waals surface area contributed by atoms with Crippen LogP contribution in [0.2, 0.25) is 0 Å². The first-order chi connectivity index (χ1) is 13.2. The van der Waals surface area contributed by atoms with Gasteiger partial charge in [-0.15, -0.1) is 11.8 Å². The van der Waals surface area contributed by atoms with E-state index in [1.165, 1.54) is 23.9 Å². The van der Waals surface area contributed by atoms with Crippen LogP contribution < -0.4 is 10.6 Å². The summed E-state index contributed by atoms with van der Waals surface area (Å²) in [4.78, 5) is 24.9. The Balaban J connectivity index is 1.62. The number of sulfone groups is 1. The van der Waals surface area contributed by atoms with Crippen LogP contribution in [0.25, 0.3) is 0 Å². The van der Waals surface area contributed by atoms with E-state index >= 15 is 0 Å². The Morgan fingerprint density at radius 3 is 2.82 bits per heavy atom. The third kappa shape index (κ3) is 4.96. The predicted molar refractivity (Wildman–Crippen MR) is 107 cm³/mol. The highest BCUT2D eigenvalue weighted by Crippen LogP contribution is 2.34. The lowest BCUT2D eigenvalue weighted by Gasteiger charge is -2.10. The maximum Gasteiger partial charge on any atom is 0.228 e. The standard InChI is InChI=1S/C19H22N2O5S2/c1-12-11-27-17-6-5-15(9-16(17)21-19(12)23)28(24,25)8-7-18(22)20-10-14-4-3-13(2)26-14/h3-6,9,12H,7-8,10-11H2,1-2H3,(H,20,22)(H,21,23)/t12-/m0/s1. The van der Waals surface area contributed by atoms with Gasteiger partial charge in [0.15, 0.2) is 9.84 Å². The minimum atomic E-state index is -3.66. The number of carbonyl (C=O) groups excluding carboxylic acids is 2. The second kappa shape index (κ2) is 8.40. The monoisotopic (exact) mass is 422 g/mol. The Morgan fingerprint density at radius 1 is 1.32 bits per heavy atom. The van der Waals surface area contributed by atoms with E-state index in [9.17, 15) is 18.0 Å². The van der Waals surface area contributed by atoms with E-state index < -0.39 is 9.84 Å². The van der Waals surface area contributed by atoms with Crippen molar-refractivity contribution in [2.45, 2.75) is 36.6 Å². The zero-order valence-electron chi connectivity index (χ0n) is 15.7. The first-order valence-electron chi connectivity index (χ1n) is 8.87. The molecule has 2 heterocycles. The normalized spacial score (nSPS) is 16.8. The molecule has 0 spiro atoms. The zero-order valence-corrected chi connectivity index (χ0v) is 17.3. The molecule has 0 fully saturated rings. The molecule has 0 saturated carbocycles. The van der Waals surface area contributed by atoms with Crippen molar-refractivity contribution >= 4 is 39.1 Å². The molecule has 1 aromatic carbocycles. The zero-order chi connectivity index (χ0) is 20.3. The van der Waals surface area contributed by atoms with Gasteiger partial charge in [0.05, 0.1) is 22.9 Å². The molecule has 1 aromatic heterocycles. The number of rotatable bonds is 6. The number of aryl methyl sites for hydroxylation is 1. The van der Waals surface area contributed by atoms with E-state index in [0.29, 0.717) is 17.2 Å². The summed E-state index contributed by atoms with van der Waals surface area (Å²) in [6.45, 7) is 3.85. The fraction of sp³-hybridized carbons (Fsp3) is 0.368. The molecule has 0 bridgehead atoms. The Labute approximate surface area is 168 Å². The van der Waals surface area contributed by atoms with Gasteiger partial charge in [-0.2, -0.15) is 0 Å². The van der Waals surface area contributed by atoms with E-state index in [1.807, 2.05) is 6.92 Å². The number of carbonyl (C=O) groups is 2. The molecule has 1 atom stereocenters. The molecule has 0 aliphatic carbocycles. The van der Waals surface area contributed by atoms with Gasteiger partial charge in [-0.1, -0.05) is 6.92 Å². The topological polar surface area (TPSA) is 105 Å². The molecule has 3 rings (SSSR count).